The van der Waals surface area contributed by atoms with E-state index in [4.69, 9.17) is 11.6 Å². The van der Waals surface area contributed by atoms with Gasteiger partial charge in [-0.3, -0.25) is 9.10 Å². The second-order valence-corrected chi connectivity index (χ2v) is 11.0. The summed E-state index contributed by atoms with van der Waals surface area (Å²) in [7, 11) is -3.98. The molecule has 0 aromatic heterocycles. The van der Waals surface area contributed by atoms with Crippen LogP contribution in [0.2, 0.25) is 5.02 Å². The molecule has 5 nitrogen and oxygen atoms in total. The van der Waals surface area contributed by atoms with Crippen molar-refractivity contribution in [2.75, 3.05) is 23.1 Å². The summed E-state index contributed by atoms with van der Waals surface area (Å²) in [6.45, 7) is 1.83. The SMILES string of the molecule is Cc1ccc(N(CC(=O)NCCCSCc2ccccc2F)S(=O)(=O)c2ccccc2)cc1Cl. The van der Waals surface area contributed by atoms with Crippen molar-refractivity contribution >= 4 is 45.0 Å². The molecule has 0 bridgehead atoms. The Morgan fingerprint density at radius 1 is 1.06 bits per heavy atom. The summed E-state index contributed by atoms with van der Waals surface area (Å²) in [5.74, 6) is 0.640. The molecule has 0 saturated carbocycles. The van der Waals surface area contributed by atoms with Crippen molar-refractivity contribution in [3.8, 4) is 0 Å². The summed E-state index contributed by atoms with van der Waals surface area (Å²) >= 11 is 7.80. The third kappa shape index (κ3) is 6.98. The number of hydrogen-bond acceptors (Lipinski definition) is 4. The standard InChI is InChI=1S/C25H26ClFN2O3S2/c1-19-12-13-21(16-23(19)26)29(34(31,32)22-9-3-2-4-10-22)17-25(30)28-14-7-15-33-18-20-8-5-6-11-24(20)27/h2-6,8-13,16H,7,14-15,17-18H2,1H3,(H,28,30). The highest BCUT2D eigenvalue weighted by molar-refractivity contribution is 7.98. The number of sulfonamides is 1. The lowest BCUT2D eigenvalue weighted by atomic mass is 10.2. The van der Waals surface area contributed by atoms with Gasteiger partial charge in [0, 0.05) is 17.3 Å². The molecule has 3 aromatic rings. The van der Waals surface area contributed by atoms with Gasteiger partial charge in [-0.25, -0.2) is 12.8 Å². The van der Waals surface area contributed by atoms with Gasteiger partial charge in [0.2, 0.25) is 5.91 Å². The van der Waals surface area contributed by atoms with Crippen LogP contribution in [0.25, 0.3) is 0 Å². The number of nitrogens with one attached hydrogen (secondary N) is 1. The normalized spacial score (nSPS) is 11.3. The minimum absolute atomic E-state index is 0.0871. The Kier molecular flexibility index (Phi) is 9.38. The van der Waals surface area contributed by atoms with E-state index >= 15 is 0 Å². The summed E-state index contributed by atoms with van der Waals surface area (Å²) in [6, 6.07) is 19.5. The molecule has 0 atom stereocenters. The van der Waals surface area contributed by atoms with Gasteiger partial charge in [0.05, 0.1) is 10.6 Å². The van der Waals surface area contributed by atoms with E-state index in [-0.39, 0.29) is 17.3 Å². The number of halogens is 2. The molecule has 1 N–H and O–H groups in total. The first kappa shape index (κ1) is 26.1. The Bertz CT molecular complexity index is 1220. The van der Waals surface area contributed by atoms with Crippen molar-refractivity contribution in [2.24, 2.45) is 0 Å². The lowest BCUT2D eigenvalue weighted by molar-refractivity contribution is -0.119. The maximum atomic E-state index is 13.7. The van der Waals surface area contributed by atoms with Gasteiger partial charge in [-0.05, 0) is 60.6 Å². The Morgan fingerprint density at radius 3 is 2.47 bits per heavy atom. The van der Waals surface area contributed by atoms with Crippen molar-refractivity contribution in [1.29, 1.82) is 0 Å². The van der Waals surface area contributed by atoms with Gasteiger partial charge in [0.1, 0.15) is 12.4 Å². The first-order chi connectivity index (χ1) is 16.3. The molecule has 180 valence electrons. The molecule has 0 radical (unpaired) electrons. The van der Waals surface area contributed by atoms with E-state index in [1.165, 1.54) is 18.2 Å². The van der Waals surface area contributed by atoms with Crippen molar-refractivity contribution in [3.63, 3.8) is 0 Å². The van der Waals surface area contributed by atoms with Gasteiger partial charge in [0.15, 0.2) is 0 Å². The van der Waals surface area contributed by atoms with Gasteiger partial charge >= 0.3 is 0 Å². The molecule has 0 saturated heterocycles. The molecule has 9 heteroatoms. The highest BCUT2D eigenvalue weighted by Gasteiger charge is 2.27. The van der Waals surface area contributed by atoms with Crippen LogP contribution in [0.1, 0.15) is 17.5 Å². The van der Waals surface area contributed by atoms with E-state index in [0.717, 1.165) is 15.6 Å². The topological polar surface area (TPSA) is 66.5 Å². The number of anilines is 1. The number of aryl methyl sites for hydroxylation is 1. The van der Waals surface area contributed by atoms with E-state index in [0.29, 0.717) is 35.0 Å². The number of carbonyl (C=O) groups excluding carboxylic acids is 1. The Hall–Kier alpha value is -2.55. The lowest BCUT2D eigenvalue weighted by Gasteiger charge is -2.24. The largest absolute Gasteiger partial charge is 0.354 e. The predicted molar refractivity (Wildman–Crippen MR) is 137 cm³/mol. The number of hydrogen-bond donors (Lipinski definition) is 1. The quantitative estimate of drug-likeness (QED) is 0.343. The van der Waals surface area contributed by atoms with E-state index in [2.05, 4.69) is 5.32 Å². The van der Waals surface area contributed by atoms with Gasteiger partial charge in [-0.15, -0.1) is 0 Å². The molecule has 0 aliphatic rings. The molecular weight excluding hydrogens is 495 g/mol. The van der Waals surface area contributed by atoms with Crippen molar-refractivity contribution in [2.45, 2.75) is 24.0 Å². The van der Waals surface area contributed by atoms with E-state index in [1.807, 2.05) is 6.92 Å². The predicted octanol–water partition coefficient (Wildman–Crippen LogP) is 5.42. The molecular formula is C25H26ClFN2O3S2. The summed E-state index contributed by atoms with van der Waals surface area (Å²) < 4.78 is 41.4. The third-order valence-electron chi connectivity index (χ3n) is 5.06. The molecule has 1 amide bonds. The summed E-state index contributed by atoms with van der Waals surface area (Å²) in [5.41, 5.74) is 1.77. The van der Waals surface area contributed by atoms with Crippen molar-refractivity contribution < 1.29 is 17.6 Å². The average molecular weight is 521 g/mol. The van der Waals surface area contributed by atoms with Crippen LogP contribution in [0.4, 0.5) is 10.1 Å². The van der Waals surface area contributed by atoms with Crippen LogP contribution in [0.5, 0.6) is 0 Å². The first-order valence-electron chi connectivity index (χ1n) is 10.7. The van der Waals surface area contributed by atoms with Crippen LogP contribution in [-0.4, -0.2) is 33.2 Å². The van der Waals surface area contributed by atoms with Gasteiger partial charge < -0.3 is 5.32 Å². The Balaban J connectivity index is 1.60. The number of thioether (sulfide) groups is 1. The molecule has 0 unspecified atom stereocenters. The molecule has 3 aromatic carbocycles. The van der Waals surface area contributed by atoms with Crippen LogP contribution in [0.3, 0.4) is 0 Å². The van der Waals surface area contributed by atoms with E-state index < -0.39 is 15.9 Å². The van der Waals surface area contributed by atoms with E-state index in [9.17, 15) is 17.6 Å². The fourth-order valence-corrected chi connectivity index (χ4v) is 5.71. The molecule has 0 heterocycles. The minimum Gasteiger partial charge on any atom is -0.354 e. The lowest BCUT2D eigenvalue weighted by Crippen LogP contribution is -2.41. The number of carbonyl (C=O) groups is 1. The van der Waals surface area contributed by atoms with Crippen LogP contribution in [0, 0.1) is 12.7 Å². The van der Waals surface area contributed by atoms with Gasteiger partial charge in [-0.1, -0.05) is 54.1 Å². The second kappa shape index (κ2) is 12.2. The fraction of sp³-hybridized carbons (Fsp3) is 0.240. The molecule has 0 fully saturated rings. The highest BCUT2D eigenvalue weighted by Crippen LogP contribution is 2.28. The zero-order valence-electron chi connectivity index (χ0n) is 18.7. The minimum atomic E-state index is -3.98. The zero-order chi connectivity index (χ0) is 24.6. The third-order valence-corrected chi connectivity index (χ3v) is 8.35. The molecule has 34 heavy (non-hydrogen) atoms. The van der Waals surface area contributed by atoms with Crippen LogP contribution in [0.15, 0.2) is 77.7 Å². The Labute approximate surface area is 209 Å². The Morgan fingerprint density at radius 2 is 1.76 bits per heavy atom. The smallest absolute Gasteiger partial charge is 0.264 e. The van der Waals surface area contributed by atoms with Crippen molar-refractivity contribution in [1.82, 2.24) is 5.32 Å². The average Bonchev–Trinajstić information content (AvgIpc) is 2.83. The molecule has 0 aliphatic carbocycles. The zero-order valence-corrected chi connectivity index (χ0v) is 21.1. The van der Waals surface area contributed by atoms with Gasteiger partial charge in [-0.2, -0.15) is 11.8 Å². The monoisotopic (exact) mass is 520 g/mol. The fourth-order valence-electron chi connectivity index (χ4n) is 3.16. The highest BCUT2D eigenvalue weighted by atomic mass is 35.5. The first-order valence-corrected chi connectivity index (χ1v) is 13.7. The van der Waals surface area contributed by atoms with E-state index in [1.54, 1.807) is 66.4 Å². The molecule has 0 aliphatic heterocycles. The maximum Gasteiger partial charge on any atom is 0.264 e. The summed E-state index contributed by atoms with van der Waals surface area (Å²) in [4.78, 5) is 12.7. The summed E-state index contributed by atoms with van der Waals surface area (Å²) in [6.07, 6.45) is 0.673. The molecule has 0 spiro atoms. The molecule has 3 rings (SSSR count). The number of rotatable bonds is 11. The summed E-state index contributed by atoms with van der Waals surface area (Å²) in [5, 5.41) is 3.19. The van der Waals surface area contributed by atoms with Crippen molar-refractivity contribution in [3.05, 3.63) is 94.8 Å². The maximum absolute atomic E-state index is 13.7. The van der Waals surface area contributed by atoms with Crippen LogP contribution >= 0.6 is 23.4 Å². The number of amides is 1. The number of benzene rings is 3. The van der Waals surface area contributed by atoms with Crippen LogP contribution < -0.4 is 9.62 Å². The second-order valence-electron chi connectivity index (χ2n) is 7.61. The van der Waals surface area contributed by atoms with Gasteiger partial charge in [0.25, 0.3) is 10.0 Å². The number of nitrogens with zero attached hydrogens (tertiary/aromatic N) is 1. The van der Waals surface area contributed by atoms with Crippen LogP contribution in [-0.2, 0) is 20.6 Å².